The molecule has 2 saturated heterocycles. The number of hydrogen-bond acceptors (Lipinski definition) is 2. The zero-order valence-electron chi connectivity index (χ0n) is 17.9. The summed E-state index contributed by atoms with van der Waals surface area (Å²) in [6.07, 6.45) is 4.67. The highest BCUT2D eigenvalue weighted by atomic mass is 16.2. The minimum absolute atomic E-state index is 0.152. The molecule has 158 valence electrons. The summed E-state index contributed by atoms with van der Waals surface area (Å²) in [7, 11) is 0. The fourth-order valence-corrected chi connectivity index (χ4v) is 4.89. The Morgan fingerprint density at radius 2 is 1.60 bits per heavy atom. The van der Waals surface area contributed by atoms with E-state index in [1.54, 1.807) is 0 Å². The zero-order chi connectivity index (χ0) is 20.9. The van der Waals surface area contributed by atoms with Gasteiger partial charge in [-0.25, -0.2) is 4.79 Å². The van der Waals surface area contributed by atoms with Crippen LogP contribution in [0.1, 0.15) is 60.0 Å². The molecule has 0 N–H and O–H groups in total. The molecular weight excluding hydrogens is 372 g/mol. The van der Waals surface area contributed by atoms with Gasteiger partial charge in [0.25, 0.3) is 0 Å². The molecule has 2 unspecified atom stereocenters. The van der Waals surface area contributed by atoms with E-state index in [1.807, 2.05) is 40.1 Å². The van der Waals surface area contributed by atoms with E-state index in [0.29, 0.717) is 13.0 Å². The van der Waals surface area contributed by atoms with Crippen molar-refractivity contribution >= 4 is 11.8 Å². The Bertz CT molecular complexity index is 856. The molecule has 2 aliphatic rings. The Hall–Kier alpha value is -2.62. The van der Waals surface area contributed by atoms with Crippen molar-refractivity contribution in [3.05, 3.63) is 71.3 Å². The molecule has 2 aromatic rings. The molecule has 2 fully saturated rings. The maximum atomic E-state index is 13.1. The lowest BCUT2D eigenvalue weighted by atomic mass is 9.81. The van der Waals surface area contributed by atoms with E-state index >= 15 is 0 Å². The first kappa shape index (κ1) is 20.6. The van der Waals surface area contributed by atoms with Gasteiger partial charge in [0.15, 0.2) is 5.78 Å². The molecule has 0 saturated carbocycles. The summed E-state index contributed by atoms with van der Waals surface area (Å²) in [5, 5.41) is 0. The number of amides is 2. The van der Waals surface area contributed by atoms with Crippen molar-refractivity contribution in [2.45, 2.75) is 44.9 Å². The Kier molecular flexibility index (Phi) is 6.51. The van der Waals surface area contributed by atoms with Gasteiger partial charge in [-0.3, -0.25) is 4.79 Å². The summed E-state index contributed by atoms with van der Waals surface area (Å²) in [6, 6.07) is 18.5. The lowest BCUT2D eigenvalue weighted by molar-refractivity contribution is 0.0897. The van der Waals surface area contributed by atoms with E-state index in [-0.39, 0.29) is 23.7 Å². The third-order valence-corrected chi connectivity index (χ3v) is 6.61. The first-order chi connectivity index (χ1) is 14.6. The van der Waals surface area contributed by atoms with Gasteiger partial charge < -0.3 is 9.80 Å². The molecule has 4 heteroatoms. The number of Topliss-reactive ketones (excluding diaryl/α,β-unsaturated/α-hetero) is 1. The second-order valence-corrected chi connectivity index (χ2v) is 8.77. The van der Waals surface area contributed by atoms with Crippen LogP contribution in [0.3, 0.4) is 0 Å². The highest BCUT2D eigenvalue weighted by Gasteiger charge is 2.34. The number of likely N-dealkylation sites (tertiary alicyclic amines) is 2. The van der Waals surface area contributed by atoms with Gasteiger partial charge in [0.05, 0.1) is 0 Å². The molecule has 2 atom stereocenters. The fraction of sp³-hybridized carbons (Fsp3) is 0.462. The summed E-state index contributed by atoms with van der Waals surface area (Å²) in [5.41, 5.74) is 3.38. The number of aryl methyl sites for hydroxylation is 1. The smallest absolute Gasteiger partial charge is 0.320 e. The minimum atomic E-state index is 0.152. The summed E-state index contributed by atoms with van der Waals surface area (Å²) in [4.78, 5) is 30.0. The second kappa shape index (κ2) is 9.46. The Morgan fingerprint density at radius 1 is 0.900 bits per heavy atom. The third kappa shape index (κ3) is 4.75. The number of carbonyl (C=O) groups excluding carboxylic acids is 2. The average molecular weight is 405 g/mol. The summed E-state index contributed by atoms with van der Waals surface area (Å²) < 4.78 is 0. The van der Waals surface area contributed by atoms with Gasteiger partial charge in [0.1, 0.15) is 0 Å². The molecule has 2 amide bonds. The standard InChI is InChI=1S/C26H32N2O2/c1-2-20-10-12-22(13-11-20)24-16-21(17-25(29)23-8-4-3-5-9-23)18-28(19-24)26(30)27-14-6-7-15-27/h3-5,8-13,21,24H,2,6-7,14-19H2,1H3. The molecule has 0 aromatic heterocycles. The predicted molar refractivity (Wildman–Crippen MR) is 120 cm³/mol. The minimum Gasteiger partial charge on any atom is -0.325 e. The van der Waals surface area contributed by atoms with Crippen molar-refractivity contribution < 1.29 is 9.59 Å². The van der Waals surface area contributed by atoms with Crippen LogP contribution in [0.25, 0.3) is 0 Å². The molecule has 30 heavy (non-hydrogen) atoms. The number of carbonyl (C=O) groups is 2. The number of nitrogens with zero attached hydrogens (tertiary/aromatic N) is 2. The van der Waals surface area contributed by atoms with Crippen LogP contribution in [0.15, 0.2) is 54.6 Å². The van der Waals surface area contributed by atoms with Crippen LogP contribution < -0.4 is 0 Å². The summed E-state index contributed by atoms with van der Waals surface area (Å²) in [6.45, 7) is 5.31. The fourth-order valence-electron chi connectivity index (χ4n) is 4.89. The van der Waals surface area contributed by atoms with Gasteiger partial charge in [-0.1, -0.05) is 61.5 Å². The van der Waals surface area contributed by atoms with Crippen LogP contribution in [0.4, 0.5) is 4.79 Å². The van der Waals surface area contributed by atoms with Crippen molar-refractivity contribution in [2.75, 3.05) is 26.2 Å². The normalized spacial score (nSPS) is 21.6. The quantitative estimate of drug-likeness (QED) is 0.647. The summed E-state index contributed by atoms with van der Waals surface area (Å²) in [5.74, 6) is 0.648. The average Bonchev–Trinajstić information content (AvgIpc) is 3.34. The highest BCUT2D eigenvalue weighted by molar-refractivity contribution is 5.96. The molecule has 2 aromatic carbocycles. The van der Waals surface area contributed by atoms with E-state index in [4.69, 9.17) is 0 Å². The van der Waals surface area contributed by atoms with Crippen LogP contribution in [0.2, 0.25) is 0 Å². The lowest BCUT2D eigenvalue weighted by Gasteiger charge is -2.39. The van der Waals surface area contributed by atoms with E-state index in [1.165, 1.54) is 11.1 Å². The van der Waals surface area contributed by atoms with Crippen molar-refractivity contribution in [2.24, 2.45) is 5.92 Å². The predicted octanol–water partition coefficient (Wildman–Crippen LogP) is 5.14. The molecule has 0 radical (unpaired) electrons. The van der Waals surface area contributed by atoms with Crippen molar-refractivity contribution in [3.8, 4) is 0 Å². The third-order valence-electron chi connectivity index (χ3n) is 6.61. The molecule has 0 bridgehead atoms. The summed E-state index contributed by atoms with van der Waals surface area (Å²) >= 11 is 0. The van der Waals surface area contributed by atoms with Gasteiger partial charge in [-0.05, 0) is 42.7 Å². The van der Waals surface area contributed by atoms with Crippen LogP contribution >= 0.6 is 0 Å². The number of piperidine rings is 1. The van der Waals surface area contributed by atoms with Crippen LogP contribution in [0.5, 0.6) is 0 Å². The maximum absolute atomic E-state index is 13.1. The largest absolute Gasteiger partial charge is 0.325 e. The molecule has 4 rings (SSSR count). The number of rotatable bonds is 5. The number of urea groups is 1. The molecule has 0 spiro atoms. The number of hydrogen-bond donors (Lipinski definition) is 0. The number of ketones is 1. The Labute approximate surface area is 179 Å². The Morgan fingerprint density at radius 3 is 2.27 bits per heavy atom. The van der Waals surface area contributed by atoms with Gasteiger partial charge in [0.2, 0.25) is 0 Å². The van der Waals surface area contributed by atoms with Crippen LogP contribution in [-0.2, 0) is 6.42 Å². The van der Waals surface area contributed by atoms with Gasteiger partial charge in [0, 0.05) is 44.1 Å². The topological polar surface area (TPSA) is 40.6 Å². The van der Waals surface area contributed by atoms with E-state index in [0.717, 1.165) is 50.9 Å². The van der Waals surface area contributed by atoms with Gasteiger partial charge in [-0.15, -0.1) is 0 Å². The van der Waals surface area contributed by atoms with Crippen LogP contribution in [0, 0.1) is 5.92 Å². The zero-order valence-corrected chi connectivity index (χ0v) is 17.9. The van der Waals surface area contributed by atoms with E-state index in [9.17, 15) is 9.59 Å². The Balaban J connectivity index is 1.52. The van der Waals surface area contributed by atoms with E-state index in [2.05, 4.69) is 31.2 Å². The van der Waals surface area contributed by atoms with Gasteiger partial charge >= 0.3 is 6.03 Å². The molecule has 2 aliphatic heterocycles. The monoisotopic (exact) mass is 404 g/mol. The van der Waals surface area contributed by atoms with Crippen molar-refractivity contribution in [3.63, 3.8) is 0 Å². The lowest BCUT2D eigenvalue weighted by Crippen LogP contribution is -2.49. The molecule has 2 heterocycles. The van der Waals surface area contributed by atoms with E-state index < -0.39 is 0 Å². The molecular formula is C26H32N2O2. The highest BCUT2D eigenvalue weighted by Crippen LogP contribution is 2.33. The maximum Gasteiger partial charge on any atom is 0.320 e. The second-order valence-electron chi connectivity index (χ2n) is 8.77. The molecule has 0 aliphatic carbocycles. The first-order valence-electron chi connectivity index (χ1n) is 11.3. The number of benzene rings is 2. The van der Waals surface area contributed by atoms with Crippen molar-refractivity contribution in [1.82, 2.24) is 9.80 Å². The van der Waals surface area contributed by atoms with Gasteiger partial charge in [-0.2, -0.15) is 0 Å². The van der Waals surface area contributed by atoms with Crippen molar-refractivity contribution in [1.29, 1.82) is 0 Å². The molecule has 4 nitrogen and oxygen atoms in total. The SMILES string of the molecule is CCc1ccc(C2CC(CC(=O)c3ccccc3)CN(C(=O)N3CCCC3)C2)cc1. The first-order valence-corrected chi connectivity index (χ1v) is 11.3. The van der Waals surface area contributed by atoms with Crippen LogP contribution in [-0.4, -0.2) is 47.8 Å².